The summed E-state index contributed by atoms with van der Waals surface area (Å²) in [6.07, 6.45) is 5.02. The van der Waals surface area contributed by atoms with Gasteiger partial charge in [-0.1, -0.05) is 24.3 Å². The van der Waals surface area contributed by atoms with Crippen LogP contribution in [-0.4, -0.2) is 35.0 Å². The van der Waals surface area contributed by atoms with Crippen LogP contribution < -0.4 is 9.46 Å². The molecule has 0 radical (unpaired) electrons. The third-order valence-electron chi connectivity index (χ3n) is 5.02. The number of hydrogen-bond acceptors (Lipinski definition) is 5. The summed E-state index contributed by atoms with van der Waals surface area (Å²) in [7, 11) is -2.34. The van der Waals surface area contributed by atoms with Crippen LogP contribution in [0.4, 0.5) is 5.69 Å². The highest BCUT2D eigenvalue weighted by Gasteiger charge is 2.18. The Bertz CT molecular complexity index is 1470. The first-order chi connectivity index (χ1) is 15.5. The molecule has 2 aromatic heterocycles. The zero-order valence-corrected chi connectivity index (χ0v) is 17.9. The smallest absolute Gasteiger partial charge is 0.262 e. The monoisotopic (exact) mass is 445 g/mol. The first kappa shape index (κ1) is 19.8. The van der Waals surface area contributed by atoms with Crippen LogP contribution in [0.1, 0.15) is 0 Å². The zero-order chi connectivity index (χ0) is 22.1. The molecule has 2 N–H and O–H groups in total. The average molecular weight is 446 g/mol. The summed E-state index contributed by atoms with van der Waals surface area (Å²) in [5.41, 5.74) is 3.66. The molecule has 2 heterocycles. The second kappa shape index (κ2) is 7.86. The van der Waals surface area contributed by atoms with E-state index in [1.165, 1.54) is 19.2 Å². The molecule has 0 unspecified atom stereocenters. The first-order valence-electron chi connectivity index (χ1n) is 9.78. The number of anilines is 1. The Morgan fingerprint density at radius 3 is 2.69 bits per heavy atom. The number of hydrogen-bond donors (Lipinski definition) is 2. The molecule has 5 aromatic rings. The predicted molar refractivity (Wildman–Crippen MR) is 122 cm³/mol. The van der Waals surface area contributed by atoms with Crippen LogP contribution in [-0.2, 0) is 10.0 Å². The third kappa shape index (κ3) is 3.69. The van der Waals surface area contributed by atoms with E-state index < -0.39 is 10.0 Å². The van der Waals surface area contributed by atoms with Crippen molar-refractivity contribution in [2.45, 2.75) is 4.90 Å². The van der Waals surface area contributed by atoms with Gasteiger partial charge in [-0.3, -0.25) is 4.72 Å². The predicted octanol–water partition coefficient (Wildman–Crippen LogP) is 4.23. The van der Waals surface area contributed by atoms with E-state index in [4.69, 9.17) is 4.74 Å². The number of aromatic amines is 1. The number of fused-ring (bicyclic) bond motifs is 1. The minimum atomic E-state index is -3.84. The minimum absolute atomic E-state index is 0.0901. The highest BCUT2D eigenvalue weighted by molar-refractivity contribution is 7.92. The van der Waals surface area contributed by atoms with Gasteiger partial charge in [-0.05, 0) is 36.4 Å². The van der Waals surface area contributed by atoms with Crippen molar-refractivity contribution in [3.8, 4) is 22.8 Å². The lowest BCUT2D eigenvalue weighted by atomic mass is 10.2. The SMILES string of the molecule is COc1cc(S(=O)(=O)Nc2cccc(-c3nc4ccccc4[nH]3)c2)ccc1-n1ccnc1. The molecule has 0 spiro atoms. The maximum absolute atomic E-state index is 13.0. The maximum atomic E-state index is 13.0. The summed E-state index contributed by atoms with van der Waals surface area (Å²) >= 11 is 0. The minimum Gasteiger partial charge on any atom is -0.495 e. The molecule has 0 fully saturated rings. The van der Waals surface area contributed by atoms with Crippen LogP contribution in [0.3, 0.4) is 0 Å². The van der Waals surface area contributed by atoms with E-state index >= 15 is 0 Å². The van der Waals surface area contributed by atoms with E-state index in [1.54, 1.807) is 47.6 Å². The lowest BCUT2D eigenvalue weighted by Gasteiger charge is -2.13. The number of aromatic nitrogens is 4. The summed E-state index contributed by atoms with van der Waals surface area (Å²) in [4.78, 5) is 11.9. The van der Waals surface area contributed by atoms with Crippen molar-refractivity contribution in [3.05, 3.63) is 85.5 Å². The Morgan fingerprint density at radius 2 is 1.91 bits per heavy atom. The Labute approximate surface area is 184 Å². The number of imidazole rings is 2. The molecule has 8 nitrogen and oxygen atoms in total. The van der Waals surface area contributed by atoms with Gasteiger partial charge in [-0.15, -0.1) is 0 Å². The second-order valence-electron chi connectivity index (χ2n) is 7.09. The van der Waals surface area contributed by atoms with Crippen molar-refractivity contribution in [2.24, 2.45) is 0 Å². The lowest BCUT2D eigenvalue weighted by Crippen LogP contribution is -2.13. The Kier molecular flexibility index (Phi) is 4.87. The van der Waals surface area contributed by atoms with Gasteiger partial charge >= 0.3 is 0 Å². The van der Waals surface area contributed by atoms with Gasteiger partial charge in [0.05, 0.1) is 35.1 Å². The van der Waals surface area contributed by atoms with Crippen LogP contribution in [0.2, 0.25) is 0 Å². The number of benzene rings is 3. The van der Waals surface area contributed by atoms with Gasteiger partial charge in [0, 0.05) is 29.7 Å². The highest BCUT2D eigenvalue weighted by atomic mass is 32.2. The van der Waals surface area contributed by atoms with E-state index in [2.05, 4.69) is 19.7 Å². The van der Waals surface area contributed by atoms with Crippen molar-refractivity contribution in [1.82, 2.24) is 19.5 Å². The van der Waals surface area contributed by atoms with Crippen molar-refractivity contribution in [2.75, 3.05) is 11.8 Å². The fourth-order valence-electron chi connectivity index (χ4n) is 3.47. The van der Waals surface area contributed by atoms with E-state index in [1.807, 2.05) is 30.3 Å². The van der Waals surface area contributed by atoms with E-state index in [-0.39, 0.29) is 4.90 Å². The van der Waals surface area contributed by atoms with Gasteiger partial charge < -0.3 is 14.3 Å². The number of sulfonamides is 1. The van der Waals surface area contributed by atoms with Crippen LogP contribution >= 0.6 is 0 Å². The van der Waals surface area contributed by atoms with Crippen molar-refractivity contribution in [1.29, 1.82) is 0 Å². The number of ether oxygens (including phenoxy) is 1. The van der Waals surface area contributed by atoms with E-state index in [9.17, 15) is 8.42 Å². The summed E-state index contributed by atoms with van der Waals surface area (Å²) in [6.45, 7) is 0. The highest BCUT2D eigenvalue weighted by Crippen LogP contribution is 2.28. The van der Waals surface area contributed by atoms with Crippen LogP contribution in [0.5, 0.6) is 5.75 Å². The first-order valence-corrected chi connectivity index (χ1v) is 11.3. The zero-order valence-electron chi connectivity index (χ0n) is 17.1. The molecule has 0 aliphatic rings. The molecule has 160 valence electrons. The fraction of sp³-hybridized carbons (Fsp3) is 0.0435. The number of rotatable bonds is 6. The molecule has 0 saturated heterocycles. The van der Waals surface area contributed by atoms with E-state index in [0.717, 1.165) is 16.6 Å². The lowest BCUT2D eigenvalue weighted by molar-refractivity contribution is 0.411. The van der Waals surface area contributed by atoms with Crippen molar-refractivity contribution >= 4 is 26.7 Å². The molecular weight excluding hydrogens is 426 g/mol. The Hall–Kier alpha value is -4.11. The van der Waals surface area contributed by atoms with Crippen LogP contribution in [0, 0.1) is 0 Å². The summed E-state index contributed by atoms with van der Waals surface area (Å²) < 4.78 is 35.9. The molecule has 9 heteroatoms. The van der Waals surface area contributed by atoms with Gasteiger partial charge in [0.25, 0.3) is 10.0 Å². The van der Waals surface area contributed by atoms with Gasteiger partial charge in [-0.25, -0.2) is 18.4 Å². The molecule has 0 aliphatic heterocycles. The molecule has 0 saturated carbocycles. The third-order valence-corrected chi connectivity index (χ3v) is 6.40. The molecule has 0 amide bonds. The number of nitrogens with one attached hydrogen (secondary N) is 2. The van der Waals surface area contributed by atoms with Crippen molar-refractivity contribution < 1.29 is 13.2 Å². The normalized spacial score (nSPS) is 11.5. The largest absolute Gasteiger partial charge is 0.495 e. The molecule has 32 heavy (non-hydrogen) atoms. The number of nitrogens with zero attached hydrogens (tertiary/aromatic N) is 3. The molecule has 0 atom stereocenters. The maximum Gasteiger partial charge on any atom is 0.262 e. The summed E-state index contributed by atoms with van der Waals surface area (Å²) in [5.74, 6) is 1.08. The van der Waals surface area contributed by atoms with E-state index in [0.29, 0.717) is 22.9 Å². The number of para-hydroxylation sites is 2. The van der Waals surface area contributed by atoms with Gasteiger partial charge in [0.2, 0.25) is 0 Å². The van der Waals surface area contributed by atoms with Crippen LogP contribution in [0.25, 0.3) is 28.1 Å². The number of methoxy groups -OCH3 is 1. The molecule has 3 aromatic carbocycles. The van der Waals surface area contributed by atoms with Gasteiger partial charge in [-0.2, -0.15) is 0 Å². The second-order valence-corrected chi connectivity index (χ2v) is 8.77. The fourth-order valence-corrected chi connectivity index (χ4v) is 4.54. The number of H-pyrrole nitrogens is 1. The summed E-state index contributed by atoms with van der Waals surface area (Å²) in [5, 5.41) is 0. The van der Waals surface area contributed by atoms with Gasteiger partial charge in [0.15, 0.2) is 0 Å². The standard InChI is InChI=1S/C23H19N5O3S/c1-31-22-14-18(9-10-21(22)28-12-11-24-15-28)32(29,30)27-17-6-4-5-16(13-17)23-25-19-7-2-3-8-20(19)26-23/h2-15,27H,1H3,(H,25,26). The average Bonchev–Trinajstić information content (AvgIpc) is 3.48. The Balaban J connectivity index is 1.45. The van der Waals surface area contributed by atoms with Crippen molar-refractivity contribution in [3.63, 3.8) is 0 Å². The molecule has 5 rings (SSSR count). The molecular formula is C23H19N5O3S. The Morgan fingerprint density at radius 1 is 1.03 bits per heavy atom. The molecule has 0 bridgehead atoms. The van der Waals surface area contributed by atoms with Gasteiger partial charge in [0.1, 0.15) is 11.6 Å². The topological polar surface area (TPSA) is 102 Å². The summed E-state index contributed by atoms with van der Waals surface area (Å²) in [6, 6.07) is 19.5. The quantitative estimate of drug-likeness (QED) is 0.407. The van der Waals surface area contributed by atoms with Crippen LogP contribution in [0.15, 0.2) is 90.3 Å². The molecule has 0 aliphatic carbocycles.